The number of nitrogens with one attached hydrogen (secondary N) is 2. The number of hydrogen-bond donors (Lipinski definition) is 2. The number of carbonyl (C=O) groups excluding carboxylic acids is 1. The molecule has 0 spiro atoms. The number of benzene rings is 1. The molecule has 2 N–H and O–H groups in total. The summed E-state index contributed by atoms with van der Waals surface area (Å²) in [5.41, 5.74) is 1.01. The smallest absolute Gasteiger partial charge is 0.337 e. The van der Waals surface area contributed by atoms with E-state index in [-0.39, 0.29) is 24.5 Å². The molecule has 106 valence electrons. The van der Waals surface area contributed by atoms with Crippen LogP contribution < -0.4 is 10.1 Å². The lowest BCUT2D eigenvalue weighted by atomic mass is 10.2. The topological polar surface area (TPSA) is 89.1 Å². The second-order valence-electron chi connectivity index (χ2n) is 3.93. The molecule has 2 aromatic rings. The van der Waals surface area contributed by atoms with Gasteiger partial charge in [0.2, 0.25) is 5.95 Å². The number of ether oxygens (including phenoxy) is 2. The Hall–Kier alpha value is -2.41. The second-order valence-corrected chi connectivity index (χ2v) is 3.93. The molecule has 0 atom stereocenters. The molecule has 1 heterocycles. The van der Waals surface area contributed by atoms with E-state index in [1.54, 1.807) is 0 Å². The molecule has 7 nitrogen and oxygen atoms in total. The zero-order chi connectivity index (χ0) is 14.2. The number of H-pyrrole nitrogens is 1. The van der Waals surface area contributed by atoms with Crippen LogP contribution in [0, 0.1) is 0 Å². The average molecular weight is 276 g/mol. The Bertz CT molecular complexity index is 542. The van der Waals surface area contributed by atoms with E-state index in [2.05, 4.69) is 20.5 Å². The maximum atomic E-state index is 11.6. The van der Waals surface area contributed by atoms with Gasteiger partial charge in [-0.05, 0) is 12.5 Å². The van der Waals surface area contributed by atoms with Crippen LogP contribution in [0.25, 0.3) is 0 Å². The van der Waals surface area contributed by atoms with Gasteiger partial charge in [-0.15, -0.1) is 5.10 Å². The van der Waals surface area contributed by atoms with Crippen molar-refractivity contribution in [3.05, 3.63) is 35.9 Å². The Balaban J connectivity index is 1.72. The summed E-state index contributed by atoms with van der Waals surface area (Å²) in [7, 11) is 0. The lowest BCUT2D eigenvalue weighted by Gasteiger charge is -2.03. The van der Waals surface area contributed by atoms with E-state index in [0.717, 1.165) is 5.56 Å². The third kappa shape index (κ3) is 4.36. The molecule has 1 aromatic carbocycles. The number of anilines is 1. The number of nitrogens with zero attached hydrogens (tertiary/aromatic N) is 2. The largest absolute Gasteiger partial charge is 0.463 e. The van der Waals surface area contributed by atoms with Crippen molar-refractivity contribution in [3.63, 3.8) is 0 Å². The van der Waals surface area contributed by atoms with Crippen LogP contribution in [0.3, 0.4) is 0 Å². The number of carbonyl (C=O) groups is 1. The number of rotatable bonds is 7. The van der Waals surface area contributed by atoms with Crippen molar-refractivity contribution in [2.75, 3.05) is 18.5 Å². The van der Waals surface area contributed by atoms with Gasteiger partial charge in [0.15, 0.2) is 0 Å². The highest BCUT2D eigenvalue weighted by Crippen LogP contribution is 2.05. The summed E-state index contributed by atoms with van der Waals surface area (Å²) in [5.74, 6) is -0.0677. The van der Waals surface area contributed by atoms with E-state index in [1.807, 2.05) is 37.3 Å². The summed E-state index contributed by atoms with van der Waals surface area (Å²) in [6.45, 7) is 2.62. The maximum absolute atomic E-state index is 11.6. The van der Waals surface area contributed by atoms with Crippen LogP contribution in [-0.2, 0) is 16.1 Å². The zero-order valence-corrected chi connectivity index (χ0v) is 11.1. The summed E-state index contributed by atoms with van der Waals surface area (Å²) in [4.78, 5) is 15.5. The van der Waals surface area contributed by atoms with Gasteiger partial charge < -0.3 is 9.47 Å². The van der Waals surface area contributed by atoms with Crippen molar-refractivity contribution in [2.45, 2.75) is 13.5 Å². The molecule has 0 saturated carbocycles. The first-order chi connectivity index (χ1) is 9.78. The van der Waals surface area contributed by atoms with Gasteiger partial charge in [0.25, 0.3) is 5.91 Å². The first-order valence-corrected chi connectivity index (χ1v) is 6.24. The quantitative estimate of drug-likeness (QED) is 0.797. The maximum Gasteiger partial charge on any atom is 0.337 e. The van der Waals surface area contributed by atoms with Crippen molar-refractivity contribution in [2.24, 2.45) is 0 Å². The van der Waals surface area contributed by atoms with Crippen LogP contribution in [0.4, 0.5) is 5.95 Å². The van der Waals surface area contributed by atoms with E-state index in [4.69, 9.17) is 9.47 Å². The van der Waals surface area contributed by atoms with E-state index < -0.39 is 0 Å². The van der Waals surface area contributed by atoms with Gasteiger partial charge in [0.05, 0.1) is 13.2 Å². The molecule has 1 amide bonds. The van der Waals surface area contributed by atoms with Gasteiger partial charge in [0, 0.05) is 0 Å². The normalized spacial score (nSPS) is 10.2. The molecule has 7 heteroatoms. The van der Waals surface area contributed by atoms with Gasteiger partial charge in [-0.3, -0.25) is 10.1 Å². The molecule has 1 aromatic heterocycles. The average Bonchev–Trinajstić information content (AvgIpc) is 2.88. The number of hydrogen-bond acceptors (Lipinski definition) is 5. The predicted octanol–water partition coefficient (Wildman–Crippen LogP) is 1.36. The molecule has 2 rings (SSSR count). The predicted molar refractivity (Wildman–Crippen MR) is 72.3 cm³/mol. The fourth-order valence-electron chi connectivity index (χ4n) is 1.50. The van der Waals surface area contributed by atoms with Crippen molar-refractivity contribution >= 4 is 11.9 Å². The van der Waals surface area contributed by atoms with Crippen LogP contribution in [0.5, 0.6) is 6.01 Å². The SMILES string of the molecule is CCOc1n[nH]c(NC(=O)COCc2ccccc2)n1. The van der Waals surface area contributed by atoms with E-state index in [9.17, 15) is 4.79 Å². The Kier molecular flexibility index (Phi) is 5.08. The van der Waals surface area contributed by atoms with Gasteiger partial charge in [-0.2, -0.15) is 4.98 Å². The summed E-state index contributed by atoms with van der Waals surface area (Å²) in [6, 6.07) is 9.83. The van der Waals surface area contributed by atoms with Crippen molar-refractivity contribution in [1.29, 1.82) is 0 Å². The molecule has 20 heavy (non-hydrogen) atoms. The lowest BCUT2D eigenvalue weighted by molar-refractivity contribution is -0.121. The first-order valence-electron chi connectivity index (χ1n) is 6.24. The minimum absolute atomic E-state index is 0.0560. The number of aromatic amines is 1. The first kappa shape index (κ1) is 14.0. The second kappa shape index (κ2) is 7.25. The summed E-state index contributed by atoms with van der Waals surface area (Å²) < 4.78 is 10.4. The number of amides is 1. The van der Waals surface area contributed by atoms with E-state index in [1.165, 1.54) is 0 Å². The van der Waals surface area contributed by atoms with Crippen LogP contribution in [0.1, 0.15) is 12.5 Å². The van der Waals surface area contributed by atoms with Gasteiger partial charge in [-0.1, -0.05) is 30.3 Å². The Morgan fingerprint density at radius 1 is 1.35 bits per heavy atom. The van der Waals surface area contributed by atoms with Crippen LogP contribution >= 0.6 is 0 Å². The van der Waals surface area contributed by atoms with Crippen molar-refractivity contribution < 1.29 is 14.3 Å². The highest BCUT2D eigenvalue weighted by Gasteiger charge is 2.07. The third-order valence-corrected chi connectivity index (χ3v) is 2.34. The molecular weight excluding hydrogens is 260 g/mol. The molecule has 0 aliphatic heterocycles. The molecule has 0 aliphatic carbocycles. The molecule has 0 saturated heterocycles. The van der Waals surface area contributed by atoms with E-state index in [0.29, 0.717) is 13.2 Å². The fourth-order valence-corrected chi connectivity index (χ4v) is 1.50. The minimum atomic E-state index is -0.305. The van der Waals surface area contributed by atoms with Crippen molar-refractivity contribution in [3.8, 4) is 6.01 Å². The summed E-state index contributed by atoms with van der Waals surface area (Å²) in [6.07, 6.45) is 0. The standard InChI is InChI=1S/C13H16N4O3/c1-2-20-13-15-12(16-17-13)14-11(18)9-19-8-10-6-4-3-5-7-10/h3-7H,2,8-9H2,1H3,(H2,14,15,16,17,18). The molecule has 0 bridgehead atoms. The molecule has 0 fully saturated rings. The third-order valence-electron chi connectivity index (χ3n) is 2.34. The number of aromatic nitrogens is 3. The highest BCUT2D eigenvalue weighted by atomic mass is 16.5. The van der Waals surface area contributed by atoms with Gasteiger partial charge in [-0.25, -0.2) is 5.10 Å². The molecule has 0 aliphatic rings. The minimum Gasteiger partial charge on any atom is -0.463 e. The van der Waals surface area contributed by atoms with Crippen molar-refractivity contribution in [1.82, 2.24) is 15.2 Å². The van der Waals surface area contributed by atoms with Crippen LogP contribution in [-0.4, -0.2) is 34.3 Å². The van der Waals surface area contributed by atoms with Gasteiger partial charge in [0.1, 0.15) is 6.61 Å². The van der Waals surface area contributed by atoms with Crippen LogP contribution in [0.2, 0.25) is 0 Å². The molecular formula is C13H16N4O3. The summed E-state index contributed by atoms with van der Waals surface area (Å²) >= 11 is 0. The molecule has 0 radical (unpaired) electrons. The lowest BCUT2D eigenvalue weighted by Crippen LogP contribution is -2.19. The Morgan fingerprint density at radius 3 is 2.90 bits per heavy atom. The zero-order valence-electron chi connectivity index (χ0n) is 11.1. The van der Waals surface area contributed by atoms with Gasteiger partial charge >= 0.3 is 6.01 Å². The fraction of sp³-hybridized carbons (Fsp3) is 0.308. The van der Waals surface area contributed by atoms with E-state index >= 15 is 0 Å². The Morgan fingerprint density at radius 2 is 2.15 bits per heavy atom. The Labute approximate surface area is 116 Å². The monoisotopic (exact) mass is 276 g/mol. The van der Waals surface area contributed by atoms with Crippen LogP contribution in [0.15, 0.2) is 30.3 Å². The molecule has 0 unspecified atom stereocenters. The summed E-state index contributed by atoms with van der Waals surface area (Å²) in [5, 5.41) is 8.86. The highest BCUT2D eigenvalue weighted by molar-refractivity contribution is 5.89.